The van der Waals surface area contributed by atoms with E-state index in [0.717, 1.165) is 5.56 Å². The van der Waals surface area contributed by atoms with Gasteiger partial charge in [-0.15, -0.1) is 0 Å². The van der Waals surface area contributed by atoms with Gasteiger partial charge in [0.15, 0.2) is 0 Å². The Hall–Kier alpha value is -4.53. The van der Waals surface area contributed by atoms with E-state index in [9.17, 15) is 24.8 Å². The number of ether oxygens (including phenoxy) is 1. The highest BCUT2D eigenvalue weighted by Crippen LogP contribution is 2.41. The molecule has 0 bridgehead atoms. The minimum atomic E-state index is -0.893. The van der Waals surface area contributed by atoms with Crippen LogP contribution in [0.3, 0.4) is 0 Å². The SMILES string of the molecule is CC(C)COc1cccc(C2/C(=C(\O)c3ccc([N+](=O)[O-])cc3)C(=O)C(=O)N2Cc2ccncc2)c1. The second-order valence-electron chi connectivity index (χ2n) is 8.86. The number of pyridine rings is 1. The third-order valence-corrected chi connectivity index (χ3v) is 5.75. The predicted molar refractivity (Wildman–Crippen MR) is 132 cm³/mol. The van der Waals surface area contributed by atoms with Crippen LogP contribution in [0.25, 0.3) is 5.76 Å². The molecule has 3 aromatic rings. The van der Waals surface area contributed by atoms with E-state index >= 15 is 0 Å². The monoisotopic (exact) mass is 487 g/mol. The average Bonchev–Trinajstić information content (AvgIpc) is 3.13. The van der Waals surface area contributed by atoms with E-state index < -0.39 is 28.4 Å². The van der Waals surface area contributed by atoms with Crippen LogP contribution in [0.5, 0.6) is 5.75 Å². The maximum Gasteiger partial charge on any atom is 0.295 e. The molecule has 0 spiro atoms. The lowest BCUT2D eigenvalue weighted by atomic mass is 9.95. The highest BCUT2D eigenvalue weighted by molar-refractivity contribution is 6.46. The van der Waals surface area contributed by atoms with Gasteiger partial charge in [-0.1, -0.05) is 26.0 Å². The predicted octanol–water partition coefficient (Wildman–Crippen LogP) is 4.65. The molecule has 2 heterocycles. The maximum absolute atomic E-state index is 13.2. The number of rotatable bonds is 8. The molecule has 1 saturated heterocycles. The van der Waals surface area contributed by atoms with Crippen LogP contribution in [0.2, 0.25) is 0 Å². The summed E-state index contributed by atoms with van der Waals surface area (Å²) in [6, 6.07) is 14.8. The fourth-order valence-corrected chi connectivity index (χ4v) is 4.01. The molecular weight excluding hydrogens is 462 g/mol. The van der Waals surface area contributed by atoms with Crippen LogP contribution >= 0.6 is 0 Å². The first kappa shape index (κ1) is 24.6. The highest BCUT2D eigenvalue weighted by atomic mass is 16.6. The van der Waals surface area contributed by atoms with Crippen molar-refractivity contribution in [1.29, 1.82) is 0 Å². The maximum atomic E-state index is 13.2. The summed E-state index contributed by atoms with van der Waals surface area (Å²) >= 11 is 0. The van der Waals surface area contributed by atoms with Crippen molar-refractivity contribution in [1.82, 2.24) is 9.88 Å². The van der Waals surface area contributed by atoms with Crippen LogP contribution < -0.4 is 4.74 Å². The Morgan fingerprint density at radius 1 is 1.11 bits per heavy atom. The molecule has 1 unspecified atom stereocenters. The molecule has 2 aromatic carbocycles. The molecule has 1 N–H and O–H groups in total. The molecule has 1 fully saturated rings. The van der Waals surface area contributed by atoms with E-state index in [4.69, 9.17) is 4.74 Å². The van der Waals surface area contributed by atoms with E-state index in [1.165, 1.54) is 29.2 Å². The van der Waals surface area contributed by atoms with E-state index in [-0.39, 0.29) is 23.4 Å². The van der Waals surface area contributed by atoms with Crippen molar-refractivity contribution in [2.75, 3.05) is 6.61 Å². The number of nitro groups is 1. The van der Waals surface area contributed by atoms with Crippen LogP contribution in [0.4, 0.5) is 5.69 Å². The zero-order chi connectivity index (χ0) is 25.8. The van der Waals surface area contributed by atoms with Crippen molar-refractivity contribution in [3.05, 3.63) is 105 Å². The second-order valence-corrected chi connectivity index (χ2v) is 8.86. The van der Waals surface area contributed by atoms with E-state index in [1.807, 2.05) is 13.8 Å². The number of likely N-dealkylation sites (tertiary alicyclic amines) is 1. The van der Waals surface area contributed by atoms with Gasteiger partial charge in [-0.2, -0.15) is 0 Å². The number of hydrogen-bond donors (Lipinski definition) is 1. The molecule has 1 atom stereocenters. The first-order chi connectivity index (χ1) is 17.3. The Labute approximate surface area is 207 Å². The molecule has 9 heteroatoms. The first-order valence-corrected chi connectivity index (χ1v) is 11.4. The van der Waals surface area contributed by atoms with Crippen molar-refractivity contribution in [2.45, 2.75) is 26.4 Å². The molecule has 1 amide bonds. The van der Waals surface area contributed by atoms with Gasteiger partial charge in [0.1, 0.15) is 11.5 Å². The van der Waals surface area contributed by atoms with Gasteiger partial charge >= 0.3 is 0 Å². The highest BCUT2D eigenvalue weighted by Gasteiger charge is 2.46. The van der Waals surface area contributed by atoms with Gasteiger partial charge in [-0.3, -0.25) is 24.7 Å². The number of aromatic nitrogens is 1. The third kappa shape index (κ3) is 5.10. The molecule has 1 aliphatic rings. The number of benzene rings is 2. The molecule has 4 rings (SSSR count). The summed E-state index contributed by atoms with van der Waals surface area (Å²) in [5.74, 6) is -1.12. The molecule has 1 aliphatic heterocycles. The average molecular weight is 488 g/mol. The van der Waals surface area contributed by atoms with Crippen LogP contribution in [-0.2, 0) is 16.1 Å². The minimum Gasteiger partial charge on any atom is -0.507 e. The number of nitro benzene ring substituents is 1. The number of hydrogen-bond acceptors (Lipinski definition) is 7. The molecule has 9 nitrogen and oxygen atoms in total. The second kappa shape index (κ2) is 10.4. The van der Waals surface area contributed by atoms with E-state index in [0.29, 0.717) is 23.8 Å². The summed E-state index contributed by atoms with van der Waals surface area (Å²) in [6.07, 6.45) is 3.19. The Kier molecular flexibility index (Phi) is 7.10. The number of carbonyl (C=O) groups is 2. The van der Waals surface area contributed by atoms with Crippen molar-refractivity contribution in [3.8, 4) is 5.75 Å². The fourth-order valence-electron chi connectivity index (χ4n) is 4.01. The standard InChI is InChI=1S/C27H25N3O6/c1-17(2)16-36-22-5-3-4-20(14-22)24-23(25(31)19-6-8-21(9-7-19)30(34)35)26(32)27(33)29(24)15-18-10-12-28-13-11-18/h3-14,17,24,31H,15-16H2,1-2H3/b25-23+. The van der Waals surface area contributed by atoms with E-state index in [2.05, 4.69) is 4.98 Å². The van der Waals surface area contributed by atoms with Crippen LogP contribution in [0.1, 0.15) is 36.6 Å². The molecule has 1 aromatic heterocycles. The zero-order valence-corrected chi connectivity index (χ0v) is 19.8. The van der Waals surface area contributed by atoms with Crippen LogP contribution in [-0.4, -0.2) is 38.2 Å². The molecular formula is C27H25N3O6. The summed E-state index contributed by atoms with van der Waals surface area (Å²) in [6.45, 7) is 4.66. The summed E-state index contributed by atoms with van der Waals surface area (Å²) in [4.78, 5) is 42.3. The van der Waals surface area contributed by atoms with Gasteiger partial charge in [-0.05, 0) is 53.4 Å². The Morgan fingerprint density at radius 2 is 1.81 bits per heavy atom. The topological polar surface area (TPSA) is 123 Å². The molecule has 36 heavy (non-hydrogen) atoms. The van der Waals surface area contributed by atoms with Crippen molar-refractivity contribution in [2.24, 2.45) is 5.92 Å². The minimum absolute atomic E-state index is 0.0936. The summed E-state index contributed by atoms with van der Waals surface area (Å²) in [7, 11) is 0. The van der Waals surface area contributed by atoms with Crippen molar-refractivity contribution < 1.29 is 24.4 Å². The number of Topliss-reactive ketones (excluding diaryl/α,β-unsaturated/α-hetero) is 1. The number of nitrogens with zero attached hydrogens (tertiary/aromatic N) is 3. The molecule has 0 aliphatic carbocycles. The van der Waals surface area contributed by atoms with Crippen LogP contribution in [0.15, 0.2) is 78.6 Å². The largest absolute Gasteiger partial charge is 0.507 e. The Morgan fingerprint density at radius 3 is 2.44 bits per heavy atom. The fraction of sp³-hybridized carbons (Fsp3) is 0.222. The van der Waals surface area contributed by atoms with Crippen LogP contribution in [0, 0.1) is 16.0 Å². The normalized spacial score (nSPS) is 17.0. The lowest BCUT2D eigenvalue weighted by molar-refractivity contribution is -0.384. The molecule has 184 valence electrons. The smallest absolute Gasteiger partial charge is 0.295 e. The number of amides is 1. The van der Waals surface area contributed by atoms with Gasteiger partial charge < -0.3 is 14.7 Å². The lowest BCUT2D eigenvalue weighted by Crippen LogP contribution is -2.29. The Bertz CT molecular complexity index is 1320. The molecule has 0 radical (unpaired) electrons. The number of non-ortho nitro benzene ring substituents is 1. The van der Waals surface area contributed by atoms with Crippen molar-refractivity contribution in [3.63, 3.8) is 0 Å². The first-order valence-electron chi connectivity index (χ1n) is 11.4. The van der Waals surface area contributed by atoms with Gasteiger partial charge in [0, 0.05) is 36.6 Å². The lowest BCUT2D eigenvalue weighted by Gasteiger charge is -2.26. The Balaban J connectivity index is 1.82. The number of carbonyl (C=O) groups excluding carboxylic acids is 2. The van der Waals surface area contributed by atoms with Gasteiger partial charge in [0.25, 0.3) is 17.4 Å². The van der Waals surface area contributed by atoms with Gasteiger partial charge in [0.05, 0.1) is 23.1 Å². The quantitative estimate of drug-likeness (QED) is 0.161. The van der Waals surface area contributed by atoms with Crippen molar-refractivity contribution >= 4 is 23.1 Å². The number of aliphatic hydroxyl groups excluding tert-OH is 1. The van der Waals surface area contributed by atoms with E-state index in [1.54, 1.807) is 48.8 Å². The third-order valence-electron chi connectivity index (χ3n) is 5.75. The number of ketones is 1. The summed E-state index contributed by atoms with van der Waals surface area (Å²) < 4.78 is 5.85. The summed E-state index contributed by atoms with van der Waals surface area (Å²) in [5.41, 5.74) is 1.30. The van der Waals surface area contributed by atoms with Gasteiger partial charge in [0.2, 0.25) is 0 Å². The van der Waals surface area contributed by atoms with Gasteiger partial charge in [-0.25, -0.2) is 0 Å². The summed E-state index contributed by atoms with van der Waals surface area (Å²) in [5, 5.41) is 22.2. The molecule has 0 saturated carbocycles. The zero-order valence-electron chi connectivity index (χ0n) is 19.8. The number of aliphatic hydroxyl groups is 1.